The van der Waals surface area contributed by atoms with E-state index in [0.29, 0.717) is 12.4 Å². The number of amides is 2. The van der Waals surface area contributed by atoms with Crippen LogP contribution in [-0.4, -0.2) is 21.6 Å². The Kier molecular flexibility index (Phi) is 5.48. The lowest BCUT2D eigenvalue weighted by atomic mass is 10.1. The first-order valence-corrected chi connectivity index (χ1v) is 10.6. The van der Waals surface area contributed by atoms with Crippen LogP contribution in [0.25, 0.3) is 0 Å². The molecule has 7 heteroatoms. The van der Waals surface area contributed by atoms with Crippen molar-refractivity contribution < 1.29 is 9.59 Å². The van der Waals surface area contributed by atoms with Crippen LogP contribution in [0.5, 0.6) is 0 Å². The maximum atomic E-state index is 12.6. The van der Waals surface area contributed by atoms with Crippen LogP contribution in [0.4, 0.5) is 5.82 Å². The topological polar surface area (TPSA) is 76.0 Å². The molecule has 2 N–H and O–H groups in total. The average molecular weight is 385 g/mol. The molecule has 0 radical (unpaired) electrons. The van der Waals surface area contributed by atoms with Crippen LogP contribution in [0.3, 0.4) is 0 Å². The summed E-state index contributed by atoms with van der Waals surface area (Å²) in [6.45, 7) is 0.602. The molecule has 0 atom stereocenters. The fourth-order valence-corrected chi connectivity index (χ4v) is 4.75. The highest BCUT2D eigenvalue weighted by Gasteiger charge is 2.28. The maximum absolute atomic E-state index is 12.6. The summed E-state index contributed by atoms with van der Waals surface area (Å²) in [4.78, 5) is 25.0. The molecule has 1 aliphatic heterocycles. The average Bonchev–Trinajstić information content (AvgIpc) is 3.41. The Balaban J connectivity index is 1.44. The van der Waals surface area contributed by atoms with E-state index in [0.717, 1.165) is 54.0 Å². The summed E-state index contributed by atoms with van der Waals surface area (Å²) in [5.74, 6) is 2.43. The second-order valence-corrected chi connectivity index (χ2v) is 8.14. The smallest absolute Gasteiger partial charge is 0.242 e. The maximum Gasteiger partial charge on any atom is 0.242 e. The number of hydrogen-bond donors (Lipinski definition) is 2. The van der Waals surface area contributed by atoms with E-state index in [4.69, 9.17) is 0 Å². The number of nitrogens with zero attached hydrogens (tertiary/aromatic N) is 2. The van der Waals surface area contributed by atoms with Gasteiger partial charge in [0.1, 0.15) is 12.4 Å². The second kappa shape index (κ2) is 8.17. The summed E-state index contributed by atoms with van der Waals surface area (Å²) >= 11 is 1.79. The Morgan fingerprint density at radius 2 is 1.93 bits per heavy atom. The lowest BCUT2D eigenvalue weighted by molar-refractivity contribution is -0.122. The quantitative estimate of drug-likeness (QED) is 0.803. The molecule has 1 aromatic carbocycles. The number of hydrogen-bond acceptors (Lipinski definition) is 4. The van der Waals surface area contributed by atoms with Gasteiger partial charge in [-0.2, -0.15) is 16.9 Å². The molecule has 1 aromatic heterocycles. The van der Waals surface area contributed by atoms with Gasteiger partial charge in [-0.1, -0.05) is 43.2 Å². The van der Waals surface area contributed by atoms with E-state index in [1.54, 1.807) is 16.4 Å². The zero-order valence-electron chi connectivity index (χ0n) is 15.2. The van der Waals surface area contributed by atoms with Crippen LogP contribution in [0.15, 0.2) is 30.3 Å². The van der Waals surface area contributed by atoms with Gasteiger partial charge in [-0.3, -0.25) is 9.59 Å². The summed E-state index contributed by atoms with van der Waals surface area (Å²) in [5, 5.41) is 10.6. The Hall–Kier alpha value is -2.28. The number of rotatable bonds is 6. The van der Waals surface area contributed by atoms with Gasteiger partial charge in [0, 0.05) is 29.5 Å². The SMILES string of the molecule is O=C(Cn1nc2c(c1NC(=O)C1CCCC1)CSC2)NCc1ccccc1. The molecule has 1 fully saturated rings. The zero-order valence-corrected chi connectivity index (χ0v) is 16.1. The Morgan fingerprint density at radius 3 is 2.70 bits per heavy atom. The Labute approximate surface area is 163 Å². The van der Waals surface area contributed by atoms with E-state index in [2.05, 4.69) is 15.7 Å². The van der Waals surface area contributed by atoms with E-state index in [1.165, 1.54) is 0 Å². The second-order valence-electron chi connectivity index (χ2n) is 7.16. The third kappa shape index (κ3) is 4.18. The van der Waals surface area contributed by atoms with Crippen LogP contribution in [0.1, 0.15) is 42.5 Å². The normalized spacial score (nSPS) is 16.3. The standard InChI is InChI=1S/C20H24N4O2S/c25-18(21-10-14-6-2-1-3-7-14)11-24-19(16-12-27-13-17(16)23-24)22-20(26)15-8-4-5-9-15/h1-3,6-7,15H,4-5,8-13H2,(H,21,25)(H,22,26). The first-order valence-electron chi connectivity index (χ1n) is 9.48. The lowest BCUT2D eigenvalue weighted by Crippen LogP contribution is -2.29. The van der Waals surface area contributed by atoms with Gasteiger partial charge in [0.2, 0.25) is 11.8 Å². The Bertz CT molecular complexity index is 828. The molecule has 1 aliphatic carbocycles. The molecule has 2 amide bonds. The molecule has 27 heavy (non-hydrogen) atoms. The molecule has 0 unspecified atom stereocenters. The third-order valence-electron chi connectivity index (χ3n) is 5.21. The predicted molar refractivity (Wildman–Crippen MR) is 106 cm³/mol. The minimum atomic E-state index is -0.107. The number of anilines is 1. The molecule has 6 nitrogen and oxygen atoms in total. The lowest BCUT2D eigenvalue weighted by Gasteiger charge is -2.14. The molecular weight excluding hydrogens is 360 g/mol. The van der Waals surface area contributed by atoms with Crippen molar-refractivity contribution in [3.05, 3.63) is 47.2 Å². The predicted octanol–water partition coefficient (Wildman–Crippen LogP) is 3.08. The van der Waals surface area contributed by atoms with E-state index >= 15 is 0 Å². The van der Waals surface area contributed by atoms with E-state index in [1.807, 2.05) is 30.3 Å². The molecule has 1 saturated carbocycles. The van der Waals surface area contributed by atoms with Gasteiger partial charge in [0.25, 0.3) is 0 Å². The minimum Gasteiger partial charge on any atom is -0.350 e. The van der Waals surface area contributed by atoms with E-state index in [-0.39, 0.29) is 24.3 Å². The van der Waals surface area contributed by atoms with Crippen molar-refractivity contribution in [1.82, 2.24) is 15.1 Å². The fourth-order valence-electron chi connectivity index (χ4n) is 3.72. The number of benzene rings is 1. The molecule has 142 valence electrons. The van der Waals surface area contributed by atoms with Gasteiger partial charge in [-0.05, 0) is 18.4 Å². The summed E-state index contributed by atoms with van der Waals surface area (Å²) in [7, 11) is 0. The van der Waals surface area contributed by atoms with Gasteiger partial charge in [-0.15, -0.1) is 0 Å². The third-order valence-corrected chi connectivity index (χ3v) is 6.18. The number of nitrogens with one attached hydrogen (secondary N) is 2. The zero-order chi connectivity index (χ0) is 18.6. The van der Waals surface area contributed by atoms with Crippen molar-refractivity contribution in [2.75, 3.05) is 5.32 Å². The first-order chi connectivity index (χ1) is 13.2. The number of aromatic nitrogens is 2. The monoisotopic (exact) mass is 384 g/mol. The molecule has 0 spiro atoms. The van der Waals surface area contributed by atoms with Crippen LogP contribution >= 0.6 is 11.8 Å². The van der Waals surface area contributed by atoms with Crippen molar-refractivity contribution >= 4 is 29.4 Å². The van der Waals surface area contributed by atoms with Gasteiger partial charge in [0.15, 0.2) is 0 Å². The van der Waals surface area contributed by atoms with Gasteiger partial charge < -0.3 is 10.6 Å². The number of thioether (sulfide) groups is 1. The highest BCUT2D eigenvalue weighted by Crippen LogP contribution is 2.35. The van der Waals surface area contributed by atoms with Crippen LogP contribution in [0.2, 0.25) is 0 Å². The molecule has 0 bridgehead atoms. The van der Waals surface area contributed by atoms with Crippen molar-refractivity contribution in [2.45, 2.75) is 50.3 Å². The van der Waals surface area contributed by atoms with Crippen molar-refractivity contribution in [1.29, 1.82) is 0 Å². The molecule has 4 rings (SSSR count). The van der Waals surface area contributed by atoms with Gasteiger partial charge in [0.05, 0.1) is 5.69 Å². The summed E-state index contributed by atoms with van der Waals surface area (Å²) in [5.41, 5.74) is 3.11. The highest BCUT2D eigenvalue weighted by molar-refractivity contribution is 7.98. The van der Waals surface area contributed by atoms with Crippen molar-refractivity contribution in [3.63, 3.8) is 0 Å². The van der Waals surface area contributed by atoms with Gasteiger partial charge in [-0.25, -0.2) is 4.68 Å². The first kappa shape index (κ1) is 18.1. The number of carbonyl (C=O) groups excluding carboxylic acids is 2. The van der Waals surface area contributed by atoms with Crippen molar-refractivity contribution in [3.8, 4) is 0 Å². The van der Waals surface area contributed by atoms with Crippen molar-refractivity contribution in [2.24, 2.45) is 5.92 Å². The van der Waals surface area contributed by atoms with Crippen LogP contribution < -0.4 is 10.6 Å². The number of carbonyl (C=O) groups is 2. The van der Waals surface area contributed by atoms with E-state index in [9.17, 15) is 9.59 Å². The summed E-state index contributed by atoms with van der Waals surface area (Å²) < 4.78 is 1.66. The molecule has 2 aromatic rings. The molecular formula is C20H24N4O2S. The minimum absolute atomic E-state index is 0.0676. The number of fused-ring (bicyclic) bond motifs is 1. The highest BCUT2D eigenvalue weighted by atomic mass is 32.2. The molecule has 2 heterocycles. The largest absolute Gasteiger partial charge is 0.350 e. The Morgan fingerprint density at radius 1 is 1.15 bits per heavy atom. The molecule has 2 aliphatic rings. The van der Waals surface area contributed by atoms with Crippen LogP contribution in [0, 0.1) is 5.92 Å². The summed E-state index contributed by atoms with van der Waals surface area (Å²) in [6, 6.07) is 9.82. The summed E-state index contributed by atoms with van der Waals surface area (Å²) in [6.07, 6.45) is 4.14. The van der Waals surface area contributed by atoms with Crippen LogP contribution in [-0.2, 0) is 34.2 Å². The van der Waals surface area contributed by atoms with Gasteiger partial charge >= 0.3 is 0 Å². The fraction of sp³-hybridized carbons (Fsp3) is 0.450. The molecule has 0 saturated heterocycles. The van der Waals surface area contributed by atoms with E-state index < -0.39 is 0 Å².